The number of rotatable bonds is 3. The van der Waals surface area contributed by atoms with Gasteiger partial charge in [0.2, 0.25) is 0 Å². The molecule has 3 aromatic heterocycles. The van der Waals surface area contributed by atoms with Crippen LogP contribution in [0.15, 0.2) is 47.4 Å². The van der Waals surface area contributed by atoms with Crippen LogP contribution in [0.4, 0.5) is 10.5 Å². The summed E-state index contributed by atoms with van der Waals surface area (Å²) in [5.74, 6) is 1.02. The van der Waals surface area contributed by atoms with E-state index >= 15 is 0 Å². The maximum atomic E-state index is 12.6. The second kappa shape index (κ2) is 7.80. The summed E-state index contributed by atoms with van der Waals surface area (Å²) in [6.07, 6.45) is 7.18. The van der Waals surface area contributed by atoms with Crippen molar-refractivity contribution in [2.24, 2.45) is 0 Å². The van der Waals surface area contributed by atoms with Crippen molar-refractivity contribution in [3.05, 3.63) is 60.0 Å². The number of carbonyl (C=O) groups is 1. The van der Waals surface area contributed by atoms with Crippen LogP contribution in [-0.4, -0.2) is 39.1 Å². The smallest absolute Gasteiger partial charge is 0.321 e. The van der Waals surface area contributed by atoms with Crippen LogP contribution < -0.4 is 5.32 Å². The molecule has 28 heavy (non-hydrogen) atoms. The van der Waals surface area contributed by atoms with Gasteiger partial charge in [0.25, 0.3) is 0 Å². The van der Waals surface area contributed by atoms with E-state index < -0.39 is 0 Å². The van der Waals surface area contributed by atoms with Crippen molar-refractivity contribution in [3.63, 3.8) is 0 Å². The molecule has 7 heteroatoms. The highest BCUT2D eigenvalue weighted by molar-refractivity contribution is 5.89. The first kappa shape index (κ1) is 18.2. The molecule has 1 aliphatic rings. The first-order valence-electron chi connectivity index (χ1n) is 9.47. The Morgan fingerprint density at radius 2 is 2.14 bits per heavy atom. The zero-order valence-corrected chi connectivity index (χ0v) is 16.1. The molecule has 0 radical (unpaired) electrons. The largest absolute Gasteiger partial charge is 0.361 e. The minimum Gasteiger partial charge on any atom is -0.361 e. The molecule has 4 rings (SSSR count). The van der Waals surface area contributed by atoms with Crippen LogP contribution >= 0.6 is 0 Å². The van der Waals surface area contributed by atoms with E-state index in [0.29, 0.717) is 12.2 Å². The molecular weight excluding hydrogens is 354 g/mol. The summed E-state index contributed by atoms with van der Waals surface area (Å²) in [5.41, 5.74) is 4.58. The van der Waals surface area contributed by atoms with E-state index in [-0.39, 0.29) is 11.9 Å². The van der Waals surface area contributed by atoms with Gasteiger partial charge in [0.05, 0.1) is 17.6 Å². The fourth-order valence-electron chi connectivity index (χ4n) is 3.73. The van der Waals surface area contributed by atoms with Crippen LogP contribution in [-0.2, 0) is 0 Å². The maximum Gasteiger partial charge on any atom is 0.321 e. The van der Waals surface area contributed by atoms with E-state index in [4.69, 9.17) is 4.52 Å². The summed E-state index contributed by atoms with van der Waals surface area (Å²) in [7, 11) is 0. The van der Waals surface area contributed by atoms with Crippen LogP contribution in [0.2, 0.25) is 0 Å². The van der Waals surface area contributed by atoms with E-state index in [1.807, 2.05) is 31.0 Å². The highest BCUT2D eigenvalue weighted by Crippen LogP contribution is 2.30. The van der Waals surface area contributed by atoms with E-state index in [9.17, 15) is 4.79 Å². The standard InChI is InChI=1S/C21H23N5O2/c1-14-20(15(2)28-25-14)16-7-8-19(23-11-16)17-5-4-10-26(13-17)21(27)24-18-6-3-9-22-12-18/h3,6-9,11-12,17H,4-5,10,13H2,1-2H3,(H,24,27)/t17-/m0/s1. The number of likely N-dealkylation sites (tertiary alicyclic amines) is 1. The third-order valence-corrected chi connectivity index (χ3v) is 5.15. The lowest BCUT2D eigenvalue weighted by molar-refractivity contribution is 0.192. The maximum absolute atomic E-state index is 12.6. The monoisotopic (exact) mass is 377 g/mol. The van der Waals surface area contributed by atoms with Crippen molar-refractivity contribution in [2.45, 2.75) is 32.6 Å². The van der Waals surface area contributed by atoms with Gasteiger partial charge in [0, 0.05) is 48.2 Å². The number of hydrogen-bond donors (Lipinski definition) is 1. The first-order valence-corrected chi connectivity index (χ1v) is 9.47. The summed E-state index contributed by atoms with van der Waals surface area (Å²) < 4.78 is 5.25. The number of aryl methyl sites for hydroxylation is 2. The molecule has 0 saturated carbocycles. The molecule has 2 amide bonds. The van der Waals surface area contributed by atoms with Crippen molar-refractivity contribution >= 4 is 11.7 Å². The van der Waals surface area contributed by atoms with Crippen LogP contribution in [0.25, 0.3) is 11.1 Å². The van der Waals surface area contributed by atoms with Gasteiger partial charge < -0.3 is 14.7 Å². The molecule has 1 saturated heterocycles. The summed E-state index contributed by atoms with van der Waals surface area (Å²) in [4.78, 5) is 23.1. The topological polar surface area (TPSA) is 84.2 Å². The number of nitrogens with one attached hydrogen (secondary N) is 1. The zero-order valence-electron chi connectivity index (χ0n) is 16.1. The molecule has 3 aromatic rings. The van der Waals surface area contributed by atoms with Gasteiger partial charge in [-0.2, -0.15) is 0 Å². The Balaban J connectivity index is 1.45. The van der Waals surface area contributed by atoms with Gasteiger partial charge in [-0.05, 0) is 44.9 Å². The quantitative estimate of drug-likeness (QED) is 0.741. The molecule has 0 spiro atoms. The normalized spacial score (nSPS) is 16.8. The number of aromatic nitrogens is 3. The van der Waals surface area contributed by atoms with E-state index in [2.05, 4.69) is 32.6 Å². The highest BCUT2D eigenvalue weighted by Gasteiger charge is 2.26. The SMILES string of the molecule is Cc1noc(C)c1-c1ccc([C@H]2CCCN(C(=O)Nc3cccnc3)C2)nc1. The molecule has 4 heterocycles. The van der Waals surface area contributed by atoms with Crippen molar-refractivity contribution in [1.29, 1.82) is 0 Å². The third kappa shape index (κ3) is 3.74. The molecule has 144 valence electrons. The van der Waals surface area contributed by atoms with Crippen LogP contribution in [0, 0.1) is 13.8 Å². The average Bonchev–Trinajstić information content (AvgIpc) is 3.07. The Morgan fingerprint density at radius 1 is 1.25 bits per heavy atom. The molecule has 0 aliphatic carbocycles. The number of pyridine rings is 2. The third-order valence-electron chi connectivity index (χ3n) is 5.15. The lowest BCUT2D eigenvalue weighted by atomic mass is 9.93. The Kier molecular flexibility index (Phi) is 5.06. The Bertz CT molecular complexity index is 933. The van der Waals surface area contributed by atoms with Crippen LogP contribution in [0.5, 0.6) is 0 Å². The number of piperidine rings is 1. The minimum absolute atomic E-state index is 0.0926. The van der Waals surface area contributed by atoms with Gasteiger partial charge in [-0.25, -0.2) is 4.79 Å². The summed E-state index contributed by atoms with van der Waals surface area (Å²) in [5, 5.41) is 6.92. The van der Waals surface area contributed by atoms with Crippen molar-refractivity contribution in [1.82, 2.24) is 20.0 Å². The van der Waals surface area contributed by atoms with E-state index in [0.717, 1.165) is 47.7 Å². The minimum atomic E-state index is -0.0926. The summed E-state index contributed by atoms with van der Waals surface area (Å²) in [6, 6.07) is 7.66. The molecule has 0 unspecified atom stereocenters. The van der Waals surface area contributed by atoms with Crippen LogP contribution in [0.3, 0.4) is 0 Å². The Morgan fingerprint density at radius 3 is 2.82 bits per heavy atom. The fraction of sp³-hybridized carbons (Fsp3) is 0.333. The fourth-order valence-corrected chi connectivity index (χ4v) is 3.73. The first-order chi connectivity index (χ1) is 13.6. The molecule has 1 aliphatic heterocycles. The van der Waals surface area contributed by atoms with Crippen molar-refractivity contribution in [2.75, 3.05) is 18.4 Å². The number of urea groups is 1. The average molecular weight is 377 g/mol. The second-order valence-electron chi connectivity index (χ2n) is 7.13. The van der Waals surface area contributed by atoms with Gasteiger partial charge in [-0.3, -0.25) is 9.97 Å². The van der Waals surface area contributed by atoms with E-state index in [1.165, 1.54) is 0 Å². The number of nitrogens with zero attached hydrogens (tertiary/aromatic N) is 4. The van der Waals surface area contributed by atoms with Crippen LogP contribution in [0.1, 0.15) is 35.9 Å². The Hall–Kier alpha value is -3.22. The van der Waals surface area contributed by atoms with Gasteiger partial charge in [-0.15, -0.1) is 0 Å². The summed E-state index contributed by atoms with van der Waals surface area (Å²) >= 11 is 0. The predicted molar refractivity (Wildman–Crippen MR) is 106 cm³/mol. The number of anilines is 1. The molecule has 1 N–H and O–H groups in total. The van der Waals surface area contributed by atoms with Crippen molar-refractivity contribution in [3.8, 4) is 11.1 Å². The lowest BCUT2D eigenvalue weighted by Crippen LogP contribution is -2.41. The predicted octanol–water partition coefficient (Wildman–Crippen LogP) is 4.16. The lowest BCUT2D eigenvalue weighted by Gasteiger charge is -2.32. The van der Waals surface area contributed by atoms with Gasteiger partial charge >= 0.3 is 6.03 Å². The van der Waals surface area contributed by atoms with Gasteiger partial charge in [0.15, 0.2) is 0 Å². The van der Waals surface area contributed by atoms with Gasteiger partial charge in [-0.1, -0.05) is 11.2 Å². The number of carbonyl (C=O) groups excluding carboxylic acids is 1. The second-order valence-corrected chi connectivity index (χ2v) is 7.13. The zero-order chi connectivity index (χ0) is 19.5. The summed E-state index contributed by atoms with van der Waals surface area (Å²) in [6.45, 7) is 5.24. The molecular formula is C21H23N5O2. The number of hydrogen-bond acceptors (Lipinski definition) is 5. The Labute approximate surface area is 163 Å². The molecule has 0 bridgehead atoms. The molecule has 7 nitrogen and oxygen atoms in total. The molecule has 1 fully saturated rings. The number of amides is 2. The van der Waals surface area contributed by atoms with E-state index in [1.54, 1.807) is 18.5 Å². The molecule has 1 atom stereocenters. The van der Waals surface area contributed by atoms with Crippen molar-refractivity contribution < 1.29 is 9.32 Å². The molecule has 0 aromatic carbocycles. The highest BCUT2D eigenvalue weighted by atomic mass is 16.5. The van der Waals surface area contributed by atoms with Gasteiger partial charge in [0.1, 0.15) is 5.76 Å².